The first-order valence-electron chi connectivity index (χ1n) is 11.4. The van der Waals surface area contributed by atoms with Crippen molar-refractivity contribution in [1.82, 2.24) is 9.66 Å². The van der Waals surface area contributed by atoms with Gasteiger partial charge in [-0.3, -0.25) is 9.59 Å². The van der Waals surface area contributed by atoms with Crippen LogP contribution in [0, 0.1) is 5.82 Å². The number of benzene rings is 3. The number of anilines is 1. The molecule has 0 aliphatic rings. The van der Waals surface area contributed by atoms with Crippen molar-refractivity contribution >= 4 is 72.2 Å². The van der Waals surface area contributed by atoms with E-state index < -0.39 is 23.7 Å². The highest BCUT2D eigenvalue weighted by atomic mass is 79.9. The Balaban J connectivity index is 1.70. The fourth-order valence-electron chi connectivity index (χ4n) is 3.58. The lowest BCUT2D eigenvalue weighted by atomic mass is 9.95. The van der Waals surface area contributed by atoms with Crippen LogP contribution >= 0.6 is 43.5 Å². The monoisotopic (exact) mass is 662 g/mol. The van der Waals surface area contributed by atoms with Crippen LogP contribution in [0.25, 0.3) is 10.9 Å². The Labute approximate surface area is 239 Å². The third-order valence-corrected chi connectivity index (χ3v) is 6.62. The molecule has 0 aliphatic heterocycles. The van der Waals surface area contributed by atoms with Crippen LogP contribution in [0.2, 0.25) is 5.02 Å². The van der Waals surface area contributed by atoms with Gasteiger partial charge in [-0.1, -0.05) is 60.4 Å². The molecule has 0 atom stereocenters. The van der Waals surface area contributed by atoms with Crippen LogP contribution in [-0.2, 0) is 10.2 Å². The van der Waals surface area contributed by atoms with E-state index in [0.29, 0.717) is 31.8 Å². The van der Waals surface area contributed by atoms with E-state index in [1.807, 2.05) is 26.8 Å². The zero-order chi connectivity index (χ0) is 27.6. The highest BCUT2D eigenvalue weighted by molar-refractivity contribution is 9.10. The van der Waals surface area contributed by atoms with Crippen molar-refractivity contribution < 1.29 is 13.9 Å². The molecule has 0 saturated heterocycles. The predicted octanol–water partition coefficient (Wildman–Crippen LogP) is 6.91. The minimum atomic E-state index is -0.560. The molecule has 0 unspecified atom stereocenters. The molecular formula is C27H22Br2ClFN4O3. The van der Waals surface area contributed by atoms with Gasteiger partial charge in [0.1, 0.15) is 17.4 Å². The molecule has 1 aromatic heterocycles. The number of fused-ring (bicyclic) bond motifs is 1. The van der Waals surface area contributed by atoms with Crippen molar-refractivity contribution in [1.29, 1.82) is 0 Å². The topological polar surface area (TPSA) is 85.6 Å². The smallest absolute Gasteiger partial charge is 0.282 e. The number of para-hydroxylation sites is 1. The van der Waals surface area contributed by atoms with Crippen molar-refractivity contribution in [3.63, 3.8) is 0 Å². The zero-order valence-corrected chi connectivity index (χ0v) is 24.5. The third-order valence-electron chi connectivity index (χ3n) is 5.32. The molecule has 38 heavy (non-hydrogen) atoms. The number of carbonyl (C=O) groups is 1. The summed E-state index contributed by atoms with van der Waals surface area (Å²) in [7, 11) is 0. The second-order valence-corrected chi connectivity index (χ2v) is 11.5. The first-order chi connectivity index (χ1) is 17.9. The fourth-order valence-corrected chi connectivity index (χ4v) is 4.89. The van der Waals surface area contributed by atoms with Gasteiger partial charge in [0.15, 0.2) is 6.61 Å². The summed E-state index contributed by atoms with van der Waals surface area (Å²) >= 11 is 13.1. The van der Waals surface area contributed by atoms with E-state index in [2.05, 4.69) is 42.3 Å². The van der Waals surface area contributed by atoms with Gasteiger partial charge in [0.2, 0.25) is 0 Å². The van der Waals surface area contributed by atoms with Gasteiger partial charge >= 0.3 is 0 Å². The number of nitrogens with zero attached hydrogens (tertiary/aromatic N) is 3. The average molecular weight is 665 g/mol. The largest absolute Gasteiger partial charge is 0.482 e. The number of carbonyl (C=O) groups excluding carboxylic acids is 1. The van der Waals surface area contributed by atoms with Gasteiger partial charge in [-0.25, -0.2) is 9.37 Å². The first kappa shape index (κ1) is 27.9. The molecule has 0 spiro atoms. The molecule has 0 bridgehead atoms. The molecule has 1 heterocycles. The summed E-state index contributed by atoms with van der Waals surface area (Å²) in [4.78, 5) is 30.6. The lowest BCUT2D eigenvalue weighted by Gasteiger charge is -2.21. The maximum Gasteiger partial charge on any atom is 0.282 e. The molecule has 196 valence electrons. The van der Waals surface area contributed by atoms with Crippen LogP contribution in [0.5, 0.6) is 5.75 Å². The molecule has 0 radical (unpaired) electrons. The number of aromatic nitrogens is 2. The number of amides is 1. The number of hydrogen-bond acceptors (Lipinski definition) is 5. The van der Waals surface area contributed by atoms with Crippen LogP contribution in [0.3, 0.4) is 0 Å². The van der Waals surface area contributed by atoms with Gasteiger partial charge in [0, 0.05) is 20.5 Å². The quantitative estimate of drug-likeness (QED) is 0.227. The Morgan fingerprint density at radius 2 is 1.92 bits per heavy atom. The Kier molecular flexibility index (Phi) is 8.34. The van der Waals surface area contributed by atoms with Gasteiger partial charge in [0.05, 0.1) is 27.3 Å². The summed E-state index contributed by atoms with van der Waals surface area (Å²) in [6.45, 7) is 5.40. The molecule has 3 aromatic carbocycles. The summed E-state index contributed by atoms with van der Waals surface area (Å²) in [6.07, 6.45) is 1.42. The highest BCUT2D eigenvalue weighted by Gasteiger charge is 2.23. The standard InChI is InChI=1S/C27H22Br2ClFN4O3/c1-27(2,3)26-34-21-9-8-16(28)11-18(21)25(37)35(26)32-13-15-10-17(30)12-19(29)24(15)38-14-23(36)33-22-7-5-4-6-20(22)31/h4-13H,14H2,1-3H3,(H,33,36). The molecular weight excluding hydrogens is 643 g/mol. The van der Waals surface area contributed by atoms with Crippen molar-refractivity contribution in [2.75, 3.05) is 11.9 Å². The third kappa shape index (κ3) is 6.31. The Morgan fingerprint density at radius 1 is 1.18 bits per heavy atom. The van der Waals surface area contributed by atoms with Gasteiger partial charge in [-0.2, -0.15) is 9.78 Å². The minimum absolute atomic E-state index is 0.0441. The number of halogens is 4. The van der Waals surface area contributed by atoms with Crippen LogP contribution in [-0.4, -0.2) is 28.4 Å². The number of hydrogen-bond donors (Lipinski definition) is 1. The summed E-state index contributed by atoms with van der Waals surface area (Å²) in [5.74, 6) is -0.391. The minimum Gasteiger partial charge on any atom is -0.482 e. The van der Waals surface area contributed by atoms with Crippen molar-refractivity contribution in [2.24, 2.45) is 5.10 Å². The van der Waals surface area contributed by atoms with Crippen LogP contribution in [0.15, 0.2) is 73.4 Å². The summed E-state index contributed by atoms with van der Waals surface area (Å²) in [6, 6.07) is 14.3. The van der Waals surface area contributed by atoms with Crippen molar-refractivity contribution in [2.45, 2.75) is 26.2 Å². The number of ether oxygens (including phenoxy) is 1. The van der Waals surface area contributed by atoms with Gasteiger partial charge in [-0.05, 0) is 58.4 Å². The average Bonchev–Trinajstić information content (AvgIpc) is 2.83. The second kappa shape index (κ2) is 11.3. The van der Waals surface area contributed by atoms with Crippen molar-refractivity contribution in [3.05, 3.63) is 96.1 Å². The highest BCUT2D eigenvalue weighted by Crippen LogP contribution is 2.32. The fraction of sp³-hybridized carbons (Fsp3) is 0.185. The molecule has 4 aromatic rings. The van der Waals surface area contributed by atoms with E-state index in [4.69, 9.17) is 21.3 Å². The maximum absolute atomic E-state index is 13.9. The normalized spacial score (nSPS) is 11.8. The van der Waals surface area contributed by atoms with Gasteiger partial charge in [-0.15, -0.1) is 0 Å². The number of nitrogens with one attached hydrogen (secondary N) is 1. The van der Waals surface area contributed by atoms with E-state index >= 15 is 0 Å². The summed E-state index contributed by atoms with van der Waals surface area (Å²) < 4.78 is 22.1. The Morgan fingerprint density at radius 3 is 2.63 bits per heavy atom. The Hall–Kier alpha value is -3.08. The molecule has 7 nitrogen and oxygen atoms in total. The number of rotatable bonds is 6. The van der Waals surface area contributed by atoms with E-state index in [-0.39, 0.29) is 17.0 Å². The molecule has 0 saturated carbocycles. The lowest BCUT2D eigenvalue weighted by molar-refractivity contribution is -0.118. The van der Waals surface area contributed by atoms with Crippen molar-refractivity contribution in [3.8, 4) is 5.75 Å². The molecule has 0 fully saturated rings. The molecule has 1 amide bonds. The molecule has 4 rings (SSSR count). The van der Waals surface area contributed by atoms with Crippen LogP contribution < -0.4 is 15.6 Å². The summed E-state index contributed by atoms with van der Waals surface area (Å²) in [5, 5.41) is 7.71. The van der Waals surface area contributed by atoms with E-state index in [0.717, 1.165) is 4.47 Å². The van der Waals surface area contributed by atoms with E-state index in [1.54, 1.807) is 30.3 Å². The maximum atomic E-state index is 13.9. The molecule has 11 heteroatoms. The second-order valence-electron chi connectivity index (χ2n) is 9.33. The lowest BCUT2D eigenvalue weighted by Crippen LogP contribution is -2.29. The van der Waals surface area contributed by atoms with Gasteiger partial charge < -0.3 is 10.1 Å². The van der Waals surface area contributed by atoms with E-state index in [1.165, 1.54) is 29.1 Å². The first-order valence-corrected chi connectivity index (χ1v) is 13.3. The predicted molar refractivity (Wildman–Crippen MR) is 155 cm³/mol. The SMILES string of the molecule is CC(C)(C)c1nc2ccc(Br)cc2c(=O)n1N=Cc1cc(Cl)cc(Br)c1OCC(=O)Nc1ccccc1F. The van der Waals surface area contributed by atoms with Crippen LogP contribution in [0.4, 0.5) is 10.1 Å². The zero-order valence-electron chi connectivity index (χ0n) is 20.6. The van der Waals surface area contributed by atoms with Gasteiger partial charge in [0.25, 0.3) is 11.5 Å². The molecule has 1 N–H and O–H groups in total. The van der Waals surface area contributed by atoms with E-state index in [9.17, 15) is 14.0 Å². The van der Waals surface area contributed by atoms with Crippen LogP contribution in [0.1, 0.15) is 32.2 Å². The summed E-state index contributed by atoms with van der Waals surface area (Å²) in [5.41, 5.74) is 0.165. The Bertz CT molecular complexity index is 1630. The molecule has 0 aliphatic carbocycles.